The highest BCUT2D eigenvalue weighted by Crippen LogP contribution is 2.19. The number of aryl methyl sites for hydroxylation is 2. The van der Waals surface area contributed by atoms with Gasteiger partial charge >= 0.3 is 0 Å². The lowest BCUT2D eigenvalue weighted by Crippen LogP contribution is -2.14. The van der Waals surface area contributed by atoms with Gasteiger partial charge in [0, 0.05) is 38.0 Å². The molecule has 0 aliphatic carbocycles. The monoisotopic (exact) mass is 330 g/mol. The van der Waals surface area contributed by atoms with E-state index in [2.05, 4.69) is 10.4 Å². The molecule has 1 aromatic carbocycles. The van der Waals surface area contributed by atoms with Gasteiger partial charge in [0.2, 0.25) is 0 Å². The highest BCUT2D eigenvalue weighted by atomic mass is 19.1. The average Bonchev–Trinajstić information content (AvgIpc) is 2.93. The van der Waals surface area contributed by atoms with E-state index in [4.69, 9.17) is 5.41 Å². The van der Waals surface area contributed by atoms with Crippen LogP contribution in [-0.2, 0) is 26.5 Å². The topological polar surface area (TPSA) is 73.9 Å². The lowest BCUT2D eigenvalue weighted by Gasteiger charge is -2.13. The number of aromatic nitrogens is 2. The van der Waals surface area contributed by atoms with Gasteiger partial charge in [-0.2, -0.15) is 5.10 Å². The lowest BCUT2D eigenvalue weighted by atomic mass is 9.95. The Morgan fingerprint density at radius 3 is 2.75 bits per heavy atom. The predicted molar refractivity (Wildman–Crippen MR) is 92.6 cm³/mol. The van der Waals surface area contributed by atoms with Crippen LogP contribution in [0.5, 0.6) is 0 Å². The quantitative estimate of drug-likeness (QED) is 0.682. The van der Waals surface area contributed by atoms with Crippen LogP contribution in [-0.4, -0.2) is 27.6 Å². The molecule has 2 rings (SSSR count). The third-order valence-electron chi connectivity index (χ3n) is 3.91. The Labute approximate surface area is 141 Å². The molecule has 1 aromatic heterocycles. The first-order chi connectivity index (χ1) is 11.5. The molecule has 6 heteroatoms. The second-order valence-electron chi connectivity index (χ2n) is 5.57. The van der Waals surface area contributed by atoms with Crippen LogP contribution in [0.2, 0.25) is 0 Å². The van der Waals surface area contributed by atoms with E-state index in [1.165, 1.54) is 18.2 Å². The molecule has 0 aliphatic rings. The minimum Gasteiger partial charge on any atom is -0.394 e. The van der Waals surface area contributed by atoms with Gasteiger partial charge in [0.25, 0.3) is 0 Å². The molecule has 0 bridgehead atoms. The van der Waals surface area contributed by atoms with Crippen LogP contribution in [0.15, 0.2) is 36.0 Å². The zero-order valence-electron chi connectivity index (χ0n) is 14.2. The van der Waals surface area contributed by atoms with Crippen LogP contribution >= 0.6 is 0 Å². The molecule has 128 valence electrons. The highest BCUT2D eigenvalue weighted by molar-refractivity contribution is 6.11. The van der Waals surface area contributed by atoms with Gasteiger partial charge < -0.3 is 10.4 Å². The summed E-state index contributed by atoms with van der Waals surface area (Å²) in [7, 11) is 3.65. The largest absolute Gasteiger partial charge is 0.394 e. The van der Waals surface area contributed by atoms with Crippen LogP contribution in [0.3, 0.4) is 0 Å². The number of hydrogen-bond donors (Lipinski definition) is 3. The molecule has 0 saturated heterocycles. The van der Waals surface area contributed by atoms with Crippen LogP contribution in [0.4, 0.5) is 4.39 Å². The zero-order valence-corrected chi connectivity index (χ0v) is 14.2. The van der Waals surface area contributed by atoms with Crippen molar-refractivity contribution in [2.45, 2.75) is 26.4 Å². The number of hydrogen-bond acceptors (Lipinski definition) is 4. The van der Waals surface area contributed by atoms with Crippen molar-refractivity contribution < 1.29 is 9.50 Å². The fraction of sp³-hybridized carbons (Fsp3) is 0.333. The summed E-state index contributed by atoms with van der Waals surface area (Å²) in [5, 5.41) is 25.4. The molecule has 0 saturated carbocycles. The Hall–Kier alpha value is -2.47. The van der Waals surface area contributed by atoms with E-state index in [-0.39, 0.29) is 12.3 Å². The van der Waals surface area contributed by atoms with Gasteiger partial charge in [0.1, 0.15) is 5.82 Å². The highest BCUT2D eigenvalue weighted by Gasteiger charge is 2.15. The van der Waals surface area contributed by atoms with Gasteiger partial charge in [-0.25, -0.2) is 4.39 Å². The minimum atomic E-state index is -0.422. The maximum Gasteiger partial charge on any atom is 0.123 e. The summed E-state index contributed by atoms with van der Waals surface area (Å²) in [5.41, 5.74) is 3.92. The van der Waals surface area contributed by atoms with Crippen molar-refractivity contribution in [3.63, 3.8) is 0 Å². The molecule has 0 spiro atoms. The maximum absolute atomic E-state index is 13.4. The van der Waals surface area contributed by atoms with E-state index in [0.717, 1.165) is 23.4 Å². The normalized spacial score (nSPS) is 11.6. The molecular weight excluding hydrogens is 307 g/mol. The van der Waals surface area contributed by atoms with Crippen molar-refractivity contribution in [2.24, 2.45) is 7.05 Å². The molecule has 24 heavy (non-hydrogen) atoms. The van der Waals surface area contributed by atoms with Gasteiger partial charge in [-0.05, 0) is 41.8 Å². The SMILES string of the molecule is CCc1cc(C/C(=C/NC)C(=N)c2ccc(F)cc2CO)n(C)n1. The number of allylic oxidation sites excluding steroid dienone is 1. The third kappa shape index (κ3) is 3.89. The fourth-order valence-corrected chi connectivity index (χ4v) is 2.60. The first kappa shape index (κ1) is 17.9. The molecular formula is C18H23FN4O. The van der Waals surface area contributed by atoms with E-state index < -0.39 is 5.82 Å². The van der Waals surface area contributed by atoms with Crippen molar-refractivity contribution in [1.82, 2.24) is 15.1 Å². The van der Waals surface area contributed by atoms with Gasteiger partial charge in [0.05, 0.1) is 18.0 Å². The Morgan fingerprint density at radius 1 is 1.42 bits per heavy atom. The third-order valence-corrected chi connectivity index (χ3v) is 3.91. The Balaban J connectivity index is 2.35. The second kappa shape index (κ2) is 7.88. The predicted octanol–water partition coefficient (Wildman–Crippen LogP) is 2.33. The van der Waals surface area contributed by atoms with Crippen molar-refractivity contribution in [1.29, 1.82) is 5.41 Å². The van der Waals surface area contributed by atoms with E-state index in [1.54, 1.807) is 13.2 Å². The van der Waals surface area contributed by atoms with Crippen LogP contribution in [0, 0.1) is 11.2 Å². The van der Waals surface area contributed by atoms with E-state index in [0.29, 0.717) is 17.5 Å². The maximum atomic E-state index is 13.4. The molecule has 1 heterocycles. The molecule has 0 atom stereocenters. The van der Waals surface area contributed by atoms with Crippen molar-refractivity contribution in [3.8, 4) is 0 Å². The molecule has 5 nitrogen and oxygen atoms in total. The van der Waals surface area contributed by atoms with Crippen LogP contribution < -0.4 is 5.32 Å². The van der Waals surface area contributed by atoms with Gasteiger partial charge in [-0.15, -0.1) is 0 Å². The first-order valence-corrected chi connectivity index (χ1v) is 7.86. The zero-order chi connectivity index (χ0) is 17.7. The number of halogens is 1. The number of aliphatic hydroxyl groups excluding tert-OH is 1. The molecule has 0 amide bonds. The second-order valence-corrected chi connectivity index (χ2v) is 5.57. The van der Waals surface area contributed by atoms with Gasteiger partial charge in [-0.1, -0.05) is 6.92 Å². The minimum absolute atomic E-state index is 0.257. The van der Waals surface area contributed by atoms with Crippen molar-refractivity contribution in [3.05, 3.63) is 64.4 Å². The molecule has 2 aromatic rings. The molecule has 0 unspecified atom stereocenters. The number of nitrogens with one attached hydrogen (secondary N) is 2. The van der Waals surface area contributed by atoms with Crippen LogP contribution in [0.1, 0.15) is 29.4 Å². The molecule has 0 radical (unpaired) electrons. The summed E-state index contributed by atoms with van der Waals surface area (Å²) in [4.78, 5) is 0. The van der Waals surface area contributed by atoms with Gasteiger partial charge in [-0.3, -0.25) is 10.1 Å². The van der Waals surface area contributed by atoms with E-state index >= 15 is 0 Å². The fourth-order valence-electron chi connectivity index (χ4n) is 2.60. The van der Waals surface area contributed by atoms with E-state index in [9.17, 15) is 9.50 Å². The molecule has 3 N–H and O–H groups in total. The molecule has 0 aliphatic heterocycles. The summed E-state index contributed by atoms with van der Waals surface area (Å²) >= 11 is 0. The van der Waals surface area contributed by atoms with Crippen LogP contribution in [0.25, 0.3) is 0 Å². The van der Waals surface area contributed by atoms with Crippen molar-refractivity contribution >= 4 is 5.71 Å². The average molecular weight is 330 g/mol. The molecule has 0 fully saturated rings. The number of benzene rings is 1. The Kier molecular flexibility index (Phi) is 5.87. The number of aliphatic hydroxyl groups is 1. The van der Waals surface area contributed by atoms with Crippen molar-refractivity contribution in [2.75, 3.05) is 7.05 Å². The summed E-state index contributed by atoms with van der Waals surface area (Å²) in [6.07, 6.45) is 3.12. The number of nitrogens with zero attached hydrogens (tertiary/aromatic N) is 2. The summed E-state index contributed by atoms with van der Waals surface area (Å²) in [5.74, 6) is -0.422. The summed E-state index contributed by atoms with van der Waals surface area (Å²) in [6.45, 7) is 1.73. The summed E-state index contributed by atoms with van der Waals surface area (Å²) < 4.78 is 15.2. The Morgan fingerprint density at radius 2 is 2.17 bits per heavy atom. The summed E-state index contributed by atoms with van der Waals surface area (Å²) in [6, 6.07) is 6.13. The Bertz CT molecular complexity index is 764. The smallest absolute Gasteiger partial charge is 0.123 e. The van der Waals surface area contributed by atoms with E-state index in [1.807, 2.05) is 24.7 Å². The van der Waals surface area contributed by atoms with Gasteiger partial charge in [0.15, 0.2) is 0 Å². The number of rotatable bonds is 7. The first-order valence-electron chi connectivity index (χ1n) is 7.86. The standard InChI is InChI=1S/C18H23FN4O/c1-4-15-9-16(23(3)22-15)8-12(10-21-2)18(20)17-6-5-14(19)7-13(17)11-24/h5-7,9-10,20-21,24H,4,8,11H2,1-3H3/b12-10-,20-18?. The lowest BCUT2D eigenvalue weighted by molar-refractivity contribution is 0.281.